The molecular weight excluding hydrogens is 266 g/mol. The third-order valence-corrected chi connectivity index (χ3v) is 3.58. The molecule has 0 bridgehead atoms. The second-order valence-corrected chi connectivity index (χ2v) is 6.74. The molecule has 0 rings (SSSR count). The van der Waals surface area contributed by atoms with Crippen molar-refractivity contribution in [1.82, 2.24) is 15.5 Å². The normalized spacial score (nSPS) is 13.6. The van der Waals surface area contributed by atoms with E-state index < -0.39 is 5.60 Å². The number of carbonyl (C=O) groups is 1. The third-order valence-electron chi connectivity index (χ3n) is 3.58. The van der Waals surface area contributed by atoms with Gasteiger partial charge in [-0.25, -0.2) is 4.79 Å². The fourth-order valence-electron chi connectivity index (χ4n) is 2.42. The van der Waals surface area contributed by atoms with Crippen molar-refractivity contribution in [2.24, 2.45) is 5.92 Å². The molecule has 21 heavy (non-hydrogen) atoms. The van der Waals surface area contributed by atoms with Gasteiger partial charge in [-0.3, -0.25) is 0 Å². The number of nitrogens with zero attached hydrogens (tertiary/aromatic N) is 1. The van der Waals surface area contributed by atoms with Gasteiger partial charge in [-0.15, -0.1) is 0 Å². The molecule has 1 unspecified atom stereocenters. The SMILES string of the molecule is CCC(CC)C(CNCCNC(=O)OC(C)(C)C)N(C)C. The topological polar surface area (TPSA) is 53.6 Å². The summed E-state index contributed by atoms with van der Waals surface area (Å²) in [7, 11) is 4.26. The van der Waals surface area contributed by atoms with Crippen molar-refractivity contribution in [3.05, 3.63) is 0 Å². The van der Waals surface area contributed by atoms with Crippen LogP contribution < -0.4 is 10.6 Å². The molecule has 1 atom stereocenters. The molecule has 0 aliphatic carbocycles. The number of carbonyl (C=O) groups excluding carboxylic acids is 1. The van der Waals surface area contributed by atoms with Crippen molar-refractivity contribution >= 4 is 6.09 Å². The van der Waals surface area contributed by atoms with Crippen LogP contribution in [0.2, 0.25) is 0 Å². The molecular formula is C16H35N3O2. The Labute approximate surface area is 130 Å². The highest BCUT2D eigenvalue weighted by molar-refractivity contribution is 5.67. The summed E-state index contributed by atoms with van der Waals surface area (Å²) < 4.78 is 5.19. The average Bonchev–Trinajstić information content (AvgIpc) is 2.34. The maximum Gasteiger partial charge on any atom is 0.407 e. The van der Waals surface area contributed by atoms with Gasteiger partial charge in [0, 0.05) is 25.7 Å². The molecule has 0 radical (unpaired) electrons. The summed E-state index contributed by atoms with van der Waals surface area (Å²) in [5, 5.41) is 6.18. The fourth-order valence-corrected chi connectivity index (χ4v) is 2.42. The first-order valence-corrected chi connectivity index (χ1v) is 8.05. The quantitative estimate of drug-likeness (QED) is 0.642. The van der Waals surface area contributed by atoms with Gasteiger partial charge in [-0.05, 0) is 40.8 Å². The molecule has 0 saturated heterocycles. The molecule has 0 saturated carbocycles. The zero-order valence-electron chi connectivity index (χ0n) is 15.0. The van der Waals surface area contributed by atoms with Gasteiger partial charge in [0.2, 0.25) is 0 Å². The monoisotopic (exact) mass is 301 g/mol. The van der Waals surface area contributed by atoms with Crippen molar-refractivity contribution in [3.8, 4) is 0 Å². The summed E-state index contributed by atoms with van der Waals surface area (Å²) in [4.78, 5) is 13.8. The summed E-state index contributed by atoms with van der Waals surface area (Å²) in [5.74, 6) is 0.700. The molecule has 0 aromatic carbocycles. The van der Waals surface area contributed by atoms with Gasteiger partial charge in [0.1, 0.15) is 5.60 Å². The van der Waals surface area contributed by atoms with E-state index in [1.54, 1.807) is 0 Å². The molecule has 0 aromatic rings. The van der Waals surface area contributed by atoms with Gasteiger partial charge in [-0.1, -0.05) is 26.7 Å². The lowest BCUT2D eigenvalue weighted by Gasteiger charge is -2.31. The molecule has 0 heterocycles. The molecule has 0 spiro atoms. The molecule has 0 aromatic heterocycles. The molecule has 126 valence electrons. The number of rotatable bonds is 9. The van der Waals surface area contributed by atoms with Crippen LogP contribution >= 0.6 is 0 Å². The highest BCUT2D eigenvalue weighted by Crippen LogP contribution is 2.16. The summed E-state index contributed by atoms with van der Waals surface area (Å²) in [6.07, 6.45) is 2.03. The zero-order chi connectivity index (χ0) is 16.5. The number of ether oxygens (including phenoxy) is 1. The van der Waals surface area contributed by atoms with E-state index in [-0.39, 0.29) is 6.09 Å². The number of amides is 1. The molecule has 2 N–H and O–H groups in total. The van der Waals surface area contributed by atoms with Crippen LogP contribution in [0.25, 0.3) is 0 Å². The maximum absolute atomic E-state index is 11.5. The number of likely N-dealkylation sites (N-methyl/N-ethyl adjacent to an activating group) is 1. The minimum Gasteiger partial charge on any atom is -0.444 e. The van der Waals surface area contributed by atoms with E-state index in [4.69, 9.17) is 4.74 Å². The first-order valence-electron chi connectivity index (χ1n) is 8.05. The van der Waals surface area contributed by atoms with Gasteiger partial charge in [0.25, 0.3) is 0 Å². The van der Waals surface area contributed by atoms with Gasteiger partial charge in [0.05, 0.1) is 0 Å². The Morgan fingerprint density at radius 2 is 1.71 bits per heavy atom. The van der Waals surface area contributed by atoms with Gasteiger partial charge < -0.3 is 20.3 Å². The van der Waals surface area contributed by atoms with Gasteiger partial charge in [-0.2, -0.15) is 0 Å². The van der Waals surface area contributed by atoms with Gasteiger partial charge in [0.15, 0.2) is 0 Å². The average molecular weight is 301 g/mol. The van der Waals surface area contributed by atoms with E-state index in [0.29, 0.717) is 18.5 Å². The minimum absolute atomic E-state index is 0.353. The van der Waals surface area contributed by atoms with E-state index in [1.165, 1.54) is 12.8 Å². The van der Waals surface area contributed by atoms with Crippen molar-refractivity contribution in [2.75, 3.05) is 33.7 Å². The third kappa shape index (κ3) is 9.69. The fraction of sp³-hybridized carbons (Fsp3) is 0.938. The smallest absolute Gasteiger partial charge is 0.407 e. The molecule has 0 aliphatic rings. The van der Waals surface area contributed by atoms with Crippen LogP contribution in [-0.2, 0) is 4.74 Å². The minimum atomic E-state index is -0.441. The van der Waals surface area contributed by atoms with Crippen molar-refractivity contribution in [1.29, 1.82) is 0 Å². The Hall–Kier alpha value is -0.810. The Morgan fingerprint density at radius 3 is 2.14 bits per heavy atom. The van der Waals surface area contributed by atoms with Gasteiger partial charge >= 0.3 is 6.09 Å². The van der Waals surface area contributed by atoms with Crippen LogP contribution in [-0.4, -0.2) is 56.4 Å². The predicted octanol–water partition coefficient (Wildman–Crippen LogP) is 2.47. The lowest BCUT2D eigenvalue weighted by Crippen LogP contribution is -2.45. The molecule has 5 heteroatoms. The lowest BCUT2D eigenvalue weighted by atomic mass is 9.93. The van der Waals surface area contributed by atoms with E-state index in [0.717, 1.165) is 13.1 Å². The first kappa shape index (κ1) is 20.2. The number of hydrogen-bond donors (Lipinski definition) is 2. The Kier molecular flexibility index (Phi) is 9.62. The largest absolute Gasteiger partial charge is 0.444 e. The van der Waals surface area contributed by atoms with E-state index in [1.807, 2.05) is 20.8 Å². The highest BCUT2D eigenvalue weighted by Gasteiger charge is 2.20. The summed E-state index contributed by atoms with van der Waals surface area (Å²) in [6, 6.07) is 0.529. The second kappa shape index (κ2) is 10.0. The zero-order valence-corrected chi connectivity index (χ0v) is 15.0. The van der Waals surface area contributed by atoms with E-state index >= 15 is 0 Å². The lowest BCUT2D eigenvalue weighted by molar-refractivity contribution is 0.0528. The standard InChI is InChI=1S/C16H35N3O2/c1-8-13(9-2)14(19(6)7)12-17-10-11-18-15(20)21-16(3,4)5/h13-14,17H,8-12H2,1-7H3,(H,18,20). The van der Waals surface area contributed by atoms with Crippen molar-refractivity contribution in [2.45, 2.75) is 59.1 Å². The summed E-state index contributed by atoms with van der Waals surface area (Å²) in [5.41, 5.74) is -0.441. The van der Waals surface area contributed by atoms with E-state index in [2.05, 4.69) is 43.5 Å². The van der Waals surface area contributed by atoms with Crippen molar-refractivity contribution in [3.63, 3.8) is 0 Å². The molecule has 0 fully saturated rings. The predicted molar refractivity (Wildman–Crippen MR) is 88.7 cm³/mol. The van der Waals surface area contributed by atoms with Crippen LogP contribution in [0.5, 0.6) is 0 Å². The van der Waals surface area contributed by atoms with Crippen LogP contribution in [0, 0.1) is 5.92 Å². The molecule has 0 aliphatic heterocycles. The second-order valence-electron chi connectivity index (χ2n) is 6.74. The van der Waals surface area contributed by atoms with E-state index in [9.17, 15) is 4.79 Å². The Balaban J connectivity index is 3.94. The summed E-state index contributed by atoms with van der Waals surface area (Å²) in [6.45, 7) is 12.4. The number of nitrogens with one attached hydrogen (secondary N) is 2. The number of hydrogen-bond acceptors (Lipinski definition) is 4. The van der Waals surface area contributed by atoms with Crippen LogP contribution in [0.4, 0.5) is 4.79 Å². The van der Waals surface area contributed by atoms with Crippen LogP contribution in [0.3, 0.4) is 0 Å². The maximum atomic E-state index is 11.5. The molecule has 5 nitrogen and oxygen atoms in total. The van der Waals surface area contributed by atoms with Crippen molar-refractivity contribution < 1.29 is 9.53 Å². The molecule has 1 amide bonds. The Bertz CT molecular complexity index is 284. The summed E-state index contributed by atoms with van der Waals surface area (Å²) >= 11 is 0. The Morgan fingerprint density at radius 1 is 1.14 bits per heavy atom. The van der Waals surface area contributed by atoms with Crippen LogP contribution in [0.15, 0.2) is 0 Å². The highest BCUT2D eigenvalue weighted by atomic mass is 16.6. The van der Waals surface area contributed by atoms with Crippen LogP contribution in [0.1, 0.15) is 47.5 Å². The number of alkyl carbamates (subject to hydrolysis) is 1. The first-order chi connectivity index (χ1) is 9.71.